The summed E-state index contributed by atoms with van der Waals surface area (Å²) in [5.74, 6) is 0.185. The van der Waals surface area contributed by atoms with Gasteiger partial charge in [0.15, 0.2) is 0 Å². The zero-order valence-electron chi connectivity index (χ0n) is 11.1. The number of rotatable bonds is 6. The number of amides is 1. The fourth-order valence-electron chi connectivity index (χ4n) is 1.54. The molecule has 3 heteroatoms. The maximum atomic E-state index is 11.5. The lowest BCUT2D eigenvalue weighted by Gasteiger charge is -2.32. The summed E-state index contributed by atoms with van der Waals surface area (Å²) in [6.07, 6.45) is 2.75. The molecule has 0 aromatic rings. The van der Waals surface area contributed by atoms with E-state index < -0.39 is 0 Å². The van der Waals surface area contributed by atoms with E-state index in [9.17, 15) is 4.79 Å². The van der Waals surface area contributed by atoms with Gasteiger partial charge >= 0.3 is 0 Å². The lowest BCUT2D eigenvalue weighted by molar-refractivity contribution is -0.129. The Labute approximate surface area is 94.2 Å². The van der Waals surface area contributed by atoms with Gasteiger partial charge in [0.1, 0.15) is 0 Å². The Hall–Kier alpha value is -0.570. The van der Waals surface area contributed by atoms with Crippen LogP contribution in [0.15, 0.2) is 0 Å². The van der Waals surface area contributed by atoms with Gasteiger partial charge in [0.05, 0.1) is 0 Å². The van der Waals surface area contributed by atoms with Gasteiger partial charge in [0.2, 0.25) is 5.91 Å². The van der Waals surface area contributed by atoms with Crippen molar-refractivity contribution in [2.24, 2.45) is 0 Å². The van der Waals surface area contributed by atoms with E-state index >= 15 is 0 Å². The lowest BCUT2D eigenvalue weighted by Crippen LogP contribution is -2.47. The number of nitrogens with one attached hydrogen (secondary N) is 1. The van der Waals surface area contributed by atoms with Crippen molar-refractivity contribution in [3.63, 3.8) is 0 Å². The molecule has 0 aliphatic heterocycles. The number of hydrogen-bond donors (Lipinski definition) is 1. The highest BCUT2D eigenvalue weighted by molar-refractivity contribution is 5.76. The van der Waals surface area contributed by atoms with Crippen molar-refractivity contribution in [3.05, 3.63) is 0 Å². The molecule has 0 spiro atoms. The highest BCUT2D eigenvalue weighted by Gasteiger charge is 2.22. The summed E-state index contributed by atoms with van der Waals surface area (Å²) in [7, 11) is 3.60. The van der Waals surface area contributed by atoms with Crippen LogP contribution < -0.4 is 5.32 Å². The fourth-order valence-corrected chi connectivity index (χ4v) is 1.54. The van der Waals surface area contributed by atoms with Crippen LogP contribution in [0.4, 0.5) is 0 Å². The summed E-state index contributed by atoms with van der Waals surface area (Å²) < 4.78 is 0. The van der Waals surface area contributed by atoms with E-state index in [1.165, 1.54) is 0 Å². The predicted octanol–water partition coefficient (Wildman–Crippen LogP) is 2.02. The molecule has 0 aliphatic rings. The Morgan fingerprint density at radius 1 is 1.33 bits per heavy atom. The summed E-state index contributed by atoms with van der Waals surface area (Å²) in [5.41, 5.74) is 0.159. The molecule has 90 valence electrons. The predicted molar refractivity (Wildman–Crippen MR) is 64.9 cm³/mol. The molecule has 1 atom stereocenters. The maximum absolute atomic E-state index is 11.5. The Kier molecular flexibility index (Phi) is 5.88. The Balaban J connectivity index is 4.13. The Morgan fingerprint density at radius 3 is 2.13 bits per heavy atom. The smallest absolute Gasteiger partial charge is 0.223 e. The van der Waals surface area contributed by atoms with Gasteiger partial charge in [-0.3, -0.25) is 4.79 Å². The number of nitrogens with zero attached hydrogens (tertiary/aromatic N) is 1. The van der Waals surface area contributed by atoms with Gasteiger partial charge in [-0.25, -0.2) is 0 Å². The molecular weight excluding hydrogens is 188 g/mol. The molecule has 1 amide bonds. The summed E-state index contributed by atoms with van der Waals surface area (Å²) >= 11 is 0. The average Bonchev–Trinajstić information content (AvgIpc) is 2.17. The molecule has 1 N–H and O–H groups in total. The molecule has 0 heterocycles. The number of hydrogen-bond acceptors (Lipinski definition) is 2. The van der Waals surface area contributed by atoms with Crippen molar-refractivity contribution in [2.45, 2.75) is 58.5 Å². The van der Waals surface area contributed by atoms with Crippen LogP contribution in [0, 0.1) is 0 Å². The minimum Gasteiger partial charge on any atom is -0.349 e. The maximum Gasteiger partial charge on any atom is 0.223 e. The van der Waals surface area contributed by atoms with Gasteiger partial charge in [0, 0.05) is 32.1 Å². The quantitative estimate of drug-likeness (QED) is 0.733. The summed E-state index contributed by atoms with van der Waals surface area (Å²) in [4.78, 5) is 13.1. The molecule has 0 aromatic heterocycles. The molecule has 0 aliphatic carbocycles. The average molecular weight is 214 g/mol. The van der Waals surface area contributed by atoms with Crippen molar-refractivity contribution >= 4 is 5.91 Å². The molecule has 1 unspecified atom stereocenters. The first-order valence-corrected chi connectivity index (χ1v) is 5.82. The molecule has 0 saturated carbocycles. The molecule has 0 saturated heterocycles. The second kappa shape index (κ2) is 6.11. The third-order valence-corrected chi connectivity index (χ3v) is 3.14. The topological polar surface area (TPSA) is 32.3 Å². The van der Waals surface area contributed by atoms with Crippen LogP contribution in [-0.4, -0.2) is 36.5 Å². The standard InChI is InChI=1S/C12H26N2O/c1-7-12(4,8-2)13-10(3)9-11(15)14(5)6/h10,13H,7-9H2,1-6H3. The van der Waals surface area contributed by atoms with E-state index in [1.54, 1.807) is 19.0 Å². The second-order valence-electron chi connectivity index (χ2n) is 4.81. The van der Waals surface area contributed by atoms with Crippen LogP contribution in [0.25, 0.3) is 0 Å². The minimum atomic E-state index is 0.159. The molecule has 0 rings (SSSR count). The summed E-state index contributed by atoms with van der Waals surface area (Å²) in [5, 5.41) is 3.53. The third-order valence-electron chi connectivity index (χ3n) is 3.14. The van der Waals surface area contributed by atoms with E-state index in [0.29, 0.717) is 6.42 Å². The van der Waals surface area contributed by atoms with Gasteiger partial charge < -0.3 is 10.2 Å². The van der Waals surface area contributed by atoms with E-state index in [2.05, 4.69) is 33.0 Å². The normalized spacial score (nSPS) is 13.7. The van der Waals surface area contributed by atoms with Crippen molar-refractivity contribution in [3.8, 4) is 0 Å². The largest absolute Gasteiger partial charge is 0.349 e. The van der Waals surface area contributed by atoms with Crippen LogP contribution >= 0.6 is 0 Å². The van der Waals surface area contributed by atoms with Crippen molar-refractivity contribution in [1.82, 2.24) is 10.2 Å². The van der Waals surface area contributed by atoms with E-state index in [4.69, 9.17) is 0 Å². The van der Waals surface area contributed by atoms with Crippen molar-refractivity contribution in [2.75, 3.05) is 14.1 Å². The van der Waals surface area contributed by atoms with E-state index in [0.717, 1.165) is 12.8 Å². The summed E-state index contributed by atoms with van der Waals surface area (Å²) in [6.45, 7) is 8.64. The van der Waals surface area contributed by atoms with Crippen LogP contribution in [-0.2, 0) is 4.79 Å². The van der Waals surface area contributed by atoms with Crippen molar-refractivity contribution < 1.29 is 4.79 Å². The molecule has 0 fully saturated rings. The van der Waals surface area contributed by atoms with Crippen LogP contribution in [0.5, 0.6) is 0 Å². The summed E-state index contributed by atoms with van der Waals surface area (Å²) in [6, 6.07) is 0.241. The van der Waals surface area contributed by atoms with Gasteiger partial charge in [-0.05, 0) is 26.7 Å². The molecular formula is C12H26N2O. The monoisotopic (exact) mass is 214 g/mol. The number of carbonyl (C=O) groups excluding carboxylic acids is 1. The zero-order chi connectivity index (χ0) is 12.1. The fraction of sp³-hybridized carbons (Fsp3) is 0.917. The minimum absolute atomic E-state index is 0.159. The molecule has 3 nitrogen and oxygen atoms in total. The first kappa shape index (κ1) is 14.4. The van der Waals surface area contributed by atoms with Crippen molar-refractivity contribution in [1.29, 1.82) is 0 Å². The highest BCUT2D eigenvalue weighted by Crippen LogP contribution is 2.15. The molecule has 0 bridgehead atoms. The third kappa shape index (κ3) is 5.17. The lowest BCUT2D eigenvalue weighted by atomic mass is 9.94. The SMILES string of the molecule is CCC(C)(CC)NC(C)CC(=O)N(C)C. The van der Waals surface area contributed by atoms with E-state index in [-0.39, 0.29) is 17.5 Å². The second-order valence-corrected chi connectivity index (χ2v) is 4.81. The Morgan fingerprint density at radius 2 is 1.80 bits per heavy atom. The molecule has 0 aromatic carbocycles. The van der Waals surface area contributed by atoms with Crippen LogP contribution in [0.3, 0.4) is 0 Å². The zero-order valence-corrected chi connectivity index (χ0v) is 11.1. The first-order chi connectivity index (χ1) is 6.84. The van der Waals surface area contributed by atoms with Crippen LogP contribution in [0.1, 0.15) is 47.0 Å². The van der Waals surface area contributed by atoms with Gasteiger partial charge in [-0.1, -0.05) is 13.8 Å². The van der Waals surface area contributed by atoms with Gasteiger partial charge in [0.25, 0.3) is 0 Å². The van der Waals surface area contributed by atoms with Crippen LogP contribution in [0.2, 0.25) is 0 Å². The number of carbonyl (C=O) groups is 1. The molecule has 15 heavy (non-hydrogen) atoms. The van der Waals surface area contributed by atoms with Gasteiger partial charge in [-0.15, -0.1) is 0 Å². The molecule has 0 radical (unpaired) electrons. The highest BCUT2D eigenvalue weighted by atomic mass is 16.2. The van der Waals surface area contributed by atoms with E-state index in [1.807, 2.05) is 0 Å². The van der Waals surface area contributed by atoms with Gasteiger partial charge in [-0.2, -0.15) is 0 Å². The Bertz CT molecular complexity index is 198. The first-order valence-electron chi connectivity index (χ1n) is 5.82.